The van der Waals surface area contributed by atoms with Gasteiger partial charge in [0.25, 0.3) is 11.8 Å². The fraction of sp³-hybridized carbons (Fsp3) is 0.222. The van der Waals surface area contributed by atoms with Crippen LogP contribution in [-0.2, 0) is 17.5 Å². The van der Waals surface area contributed by atoms with E-state index in [0.717, 1.165) is 23.4 Å². The SMILES string of the molecule is Nc1ccc(C=CC(=O)NCc2cc3cc(-c4ncc(C(=O)N5CCC(F)(F)C5)cn4)cc(C(F)(F)F)c3o2)cn1. The van der Waals surface area contributed by atoms with Crippen LogP contribution in [0.25, 0.3) is 28.4 Å². The molecule has 1 aliphatic heterocycles. The molecule has 0 spiro atoms. The maximum atomic E-state index is 13.9. The first-order valence-electron chi connectivity index (χ1n) is 12.2. The van der Waals surface area contributed by atoms with Gasteiger partial charge in [-0.2, -0.15) is 13.2 Å². The lowest BCUT2D eigenvalue weighted by atomic mass is 10.1. The third-order valence-corrected chi connectivity index (χ3v) is 6.26. The summed E-state index contributed by atoms with van der Waals surface area (Å²) in [6, 6.07) is 6.77. The summed E-state index contributed by atoms with van der Waals surface area (Å²) in [4.78, 5) is 37.6. The van der Waals surface area contributed by atoms with Gasteiger partial charge in [-0.3, -0.25) is 9.59 Å². The molecule has 0 atom stereocenters. The number of hydrogen-bond acceptors (Lipinski definition) is 7. The zero-order valence-corrected chi connectivity index (χ0v) is 21.1. The Morgan fingerprint density at radius 2 is 1.85 bits per heavy atom. The van der Waals surface area contributed by atoms with Crippen LogP contribution in [0.4, 0.5) is 27.8 Å². The van der Waals surface area contributed by atoms with Gasteiger partial charge in [0.1, 0.15) is 17.2 Å². The van der Waals surface area contributed by atoms with Crippen LogP contribution < -0.4 is 11.1 Å². The van der Waals surface area contributed by atoms with Crippen molar-refractivity contribution < 1.29 is 36.0 Å². The molecule has 0 unspecified atom stereocenters. The Bertz CT molecular complexity index is 1630. The molecule has 0 radical (unpaired) electrons. The van der Waals surface area contributed by atoms with Crippen molar-refractivity contribution in [3.05, 3.63) is 77.4 Å². The molecule has 1 fully saturated rings. The molecule has 3 aromatic heterocycles. The molecule has 0 saturated carbocycles. The summed E-state index contributed by atoms with van der Waals surface area (Å²) in [6.07, 6.45) is 1.12. The van der Waals surface area contributed by atoms with E-state index < -0.39 is 48.0 Å². The van der Waals surface area contributed by atoms with Crippen LogP contribution in [0.5, 0.6) is 0 Å². The molecule has 0 bridgehead atoms. The highest BCUT2D eigenvalue weighted by Gasteiger charge is 2.40. The summed E-state index contributed by atoms with van der Waals surface area (Å²) in [7, 11) is 0. The number of hydrogen-bond donors (Lipinski definition) is 2. The van der Waals surface area contributed by atoms with Gasteiger partial charge in [-0.05, 0) is 42.0 Å². The predicted octanol–water partition coefficient (Wildman–Crippen LogP) is 4.70. The Morgan fingerprint density at radius 3 is 2.49 bits per heavy atom. The van der Waals surface area contributed by atoms with Crippen molar-refractivity contribution in [1.29, 1.82) is 0 Å². The molecule has 41 heavy (non-hydrogen) atoms. The number of carbonyl (C=O) groups is 2. The number of fused-ring (bicyclic) bond motifs is 1. The van der Waals surface area contributed by atoms with E-state index in [1.165, 1.54) is 30.5 Å². The topological polar surface area (TPSA) is 127 Å². The van der Waals surface area contributed by atoms with E-state index in [2.05, 4.69) is 20.3 Å². The van der Waals surface area contributed by atoms with Gasteiger partial charge in [-0.15, -0.1) is 0 Å². The predicted molar refractivity (Wildman–Crippen MR) is 137 cm³/mol. The molecule has 212 valence electrons. The second-order valence-corrected chi connectivity index (χ2v) is 9.35. The standard InChI is InChI=1S/C27H21F5N6O3/c28-26(29)5-6-38(14-26)25(40)18-11-36-24(37-12-18)17-7-16-8-19(41-23(16)20(9-17)27(30,31)32)13-35-22(39)4-2-15-1-3-21(33)34-10-15/h1-4,7-12H,5-6,13-14H2,(H2,33,34)(H,35,39). The minimum atomic E-state index is -4.79. The van der Waals surface area contributed by atoms with Crippen molar-refractivity contribution in [2.75, 3.05) is 18.8 Å². The van der Waals surface area contributed by atoms with Crippen molar-refractivity contribution in [2.45, 2.75) is 25.1 Å². The molecule has 1 aromatic carbocycles. The second-order valence-electron chi connectivity index (χ2n) is 9.35. The minimum absolute atomic E-state index is 0.00652. The molecule has 1 aliphatic rings. The number of likely N-dealkylation sites (tertiary alicyclic amines) is 1. The Hall–Kier alpha value is -4.88. The Balaban J connectivity index is 1.34. The minimum Gasteiger partial charge on any atom is -0.459 e. The van der Waals surface area contributed by atoms with E-state index in [4.69, 9.17) is 10.2 Å². The molecule has 3 N–H and O–H groups in total. The highest BCUT2D eigenvalue weighted by atomic mass is 19.4. The molecule has 9 nitrogen and oxygen atoms in total. The Labute approximate surface area is 228 Å². The number of amides is 2. The van der Waals surface area contributed by atoms with Gasteiger partial charge >= 0.3 is 6.18 Å². The van der Waals surface area contributed by atoms with E-state index in [9.17, 15) is 31.5 Å². The highest BCUT2D eigenvalue weighted by Crippen LogP contribution is 2.39. The first kappa shape index (κ1) is 27.7. The third-order valence-electron chi connectivity index (χ3n) is 6.26. The number of rotatable bonds is 6. The first-order valence-corrected chi connectivity index (χ1v) is 12.2. The summed E-state index contributed by atoms with van der Waals surface area (Å²) in [5.41, 5.74) is 4.55. The lowest BCUT2D eigenvalue weighted by Crippen LogP contribution is -2.31. The molecule has 1 saturated heterocycles. The van der Waals surface area contributed by atoms with Crippen molar-refractivity contribution in [2.24, 2.45) is 0 Å². The van der Waals surface area contributed by atoms with Crippen LogP contribution in [0, 0.1) is 0 Å². The zero-order chi connectivity index (χ0) is 29.4. The fourth-order valence-electron chi connectivity index (χ4n) is 4.23. The van der Waals surface area contributed by atoms with Crippen LogP contribution in [-0.4, -0.2) is 50.7 Å². The normalized spacial score (nSPS) is 15.1. The number of carbonyl (C=O) groups excluding carboxylic acids is 2. The Morgan fingerprint density at radius 1 is 1.10 bits per heavy atom. The number of pyridine rings is 1. The monoisotopic (exact) mass is 572 g/mol. The molecule has 0 aliphatic carbocycles. The lowest BCUT2D eigenvalue weighted by Gasteiger charge is -2.15. The number of alkyl halides is 5. The number of aromatic nitrogens is 3. The van der Waals surface area contributed by atoms with Gasteiger partial charge in [0.2, 0.25) is 5.91 Å². The smallest absolute Gasteiger partial charge is 0.420 e. The maximum Gasteiger partial charge on any atom is 0.420 e. The lowest BCUT2D eigenvalue weighted by molar-refractivity contribution is -0.136. The van der Waals surface area contributed by atoms with Crippen LogP contribution in [0.1, 0.15) is 33.7 Å². The summed E-state index contributed by atoms with van der Waals surface area (Å²) in [5, 5.41) is 2.63. The molecule has 4 aromatic rings. The quantitative estimate of drug-likeness (QED) is 0.253. The van der Waals surface area contributed by atoms with Crippen molar-refractivity contribution >= 4 is 34.7 Å². The largest absolute Gasteiger partial charge is 0.459 e. The van der Waals surface area contributed by atoms with Gasteiger partial charge in [0, 0.05) is 48.6 Å². The van der Waals surface area contributed by atoms with Crippen LogP contribution in [0.3, 0.4) is 0 Å². The molecular weight excluding hydrogens is 551 g/mol. The number of anilines is 1. The summed E-state index contributed by atoms with van der Waals surface area (Å²) in [6.45, 7) is -1.04. The number of nitrogens with two attached hydrogens (primary N) is 1. The number of nitrogens with one attached hydrogen (secondary N) is 1. The fourth-order valence-corrected chi connectivity index (χ4v) is 4.23. The number of nitrogens with zero attached hydrogens (tertiary/aromatic N) is 4. The van der Waals surface area contributed by atoms with E-state index in [0.29, 0.717) is 11.4 Å². The van der Waals surface area contributed by atoms with Crippen LogP contribution in [0.2, 0.25) is 0 Å². The average molecular weight is 572 g/mol. The van der Waals surface area contributed by atoms with Gasteiger partial charge in [-0.25, -0.2) is 23.7 Å². The summed E-state index contributed by atoms with van der Waals surface area (Å²) in [5.74, 6) is -3.90. The van der Waals surface area contributed by atoms with Gasteiger partial charge in [0.15, 0.2) is 5.82 Å². The number of furan rings is 1. The number of benzene rings is 1. The maximum absolute atomic E-state index is 13.9. The highest BCUT2D eigenvalue weighted by molar-refractivity contribution is 5.94. The number of nitrogen functional groups attached to an aromatic ring is 1. The van der Waals surface area contributed by atoms with Crippen molar-refractivity contribution in [3.63, 3.8) is 0 Å². The molecule has 14 heteroatoms. The third kappa shape index (κ3) is 6.31. The Kier molecular flexibility index (Phi) is 7.15. The second kappa shape index (κ2) is 10.6. The van der Waals surface area contributed by atoms with E-state index in [-0.39, 0.29) is 41.2 Å². The van der Waals surface area contributed by atoms with Gasteiger partial charge in [-0.1, -0.05) is 0 Å². The van der Waals surface area contributed by atoms with Crippen molar-refractivity contribution in [3.8, 4) is 11.4 Å². The average Bonchev–Trinajstić information content (AvgIpc) is 3.52. The van der Waals surface area contributed by atoms with Gasteiger partial charge in [0.05, 0.1) is 24.2 Å². The van der Waals surface area contributed by atoms with Crippen LogP contribution >= 0.6 is 0 Å². The summed E-state index contributed by atoms with van der Waals surface area (Å²) >= 11 is 0. The molecule has 2 amide bonds. The summed E-state index contributed by atoms with van der Waals surface area (Å²) < 4.78 is 74.1. The van der Waals surface area contributed by atoms with Crippen molar-refractivity contribution in [1.82, 2.24) is 25.2 Å². The molecule has 5 rings (SSSR count). The number of halogens is 5. The molecular formula is C27H21F5N6O3. The molecule has 4 heterocycles. The zero-order valence-electron chi connectivity index (χ0n) is 21.1. The van der Waals surface area contributed by atoms with E-state index in [1.54, 1.807) is 12.1 Å². The first-order chi connectivity index (χ1) is 19.4. The van der Waals surface area contributed by atoms with Crippen LogP contribution in [0.15, 0.2) is 59.4 Å². The van der Waals surface area contributed by atoms with E-state index in [1.807, 2.05) is 0 Å². The van der Waals surface area contributed by atoms with E-state index >= 15 is 0 Å². The van der Waals surface area contributed by atoms with Gasteiger partial charge < -0.3 is 20.4 Å².